The first-order chi connectivity index (χ1) is 24.6. The zero-order valence-electron chi connectivity index (χ0n) is 28.9. The Balaban J connectivity index is 0. The number of alkyl halides is 1. The van der Waals surface area contributed by atoms with Crippen LogP contribution >= 0.6 is 76.0 Å². The maximum absolute atomic E-state index is 11.2. The molecule has 17 nitrogen and oxygen atoms in total. The van der Waals surface area contributed by atoms with Gasteiger partial charge in [-0.25, -0.2) is 19.2 Å². The van der Waals surface area contributed by atoms with Crippen molar-refractivity contribution >= 4 is 106 Å². The van der Waals surface area contributed by atoms with Crippen molar-refractivity contribution in [1.29, 1.82) is 0 Å². The van der Waals surface area contributed by atoms with Gasteiger partial charge in [0.1, 0.15) is 41.9 Å². The van der Waals surface area contributed by atoms with Crippen molar-refractivity contribution < 1.29 is 55.2 Å². The molecular formula is C27H37Br5CuFN9O8. The van der Waals surface area contributed by atoms with Gasteiger partial charge < -0.3 is 24.7 Å². The molecule has 0 unspecified atom stereocenters. The summed E-state index contributed by atoms with van der Waals surface area (Å²) in [6.07, 6.45) is 5.85. The Bertz CT molecular complexity index is 1560. The second-order valence-electron chi connectivity index (χ2n) is 8.20. The van der Waals surface area contributed by atoms with Gasteiger partial charge in [0.05, 0.1) is 53.5 Å². The molecule has 291 valence electrons. The van der Waals surface area contributed by atoms with E-state index in [1.807, 2.05) is 0 Å². The number of anilines is 1. The van der Waals surface area contributed by atoms with Gasteiger partial charge in [0.2, 0.25) is 0 Å². The fourth-order valence-corrected chi connectivity index (χ4v) is 4.10. The van der Waals surface area contributed by atoms with Gasteiger partial charge in [-0.05, 0) is 75.5 Å². The summed E-state index contributed by atoms with van der Waals surface area (Å²) < 4.78 is 39.3. The third-order valence-electron chi connectivity index (χ3n) is 4.89. The van der Waals surface area contributed by atoms with Crippen LogP contribution in [0.2, 0.25) is 0 Å². The zero-order chi connectivity index (χ0) is 40.2. The second kappa shape index (κ2) is 29.9. The van der Waals surface area contributed by atoms with Crippen molar-refractivity contribution in [2.45, 2.75) is 27.7 Å². The number of nitrogens with zero attached hydrogens (tertiary/aromatic N) is 6. The number of aryl methyl sites for hydroxylation is 2. The molecule has 4 N–H and O–H groups in total. The SMILES string of the molecule is CCOC(=O)c1cn(C)nc1Br.CCOC(=O)c1cn[nH]c1Br.CCOC(=O)c1cn[nH]c1N.CCOC(=O)c1cnn(C)c1Br.[2H]CF.[Br][Cu][Br]. The molecule has 0 aliphatic carbocycles. The number of rotatable bonds is 8. The van der Waals surface area contributed by atoms with Gasteiger partial charge in [-0.3, -0.25) is 24.0 Å². The van der Waals surface area contributed by atoms with Crippen molar-refractivity contribution in [2.75, 3.05) is 39.3 Å². The summed E-state index contributed by atoms with van der Waals surface area (Å²) in [4.78, 5) is 44.3. The van der Waals surface area contributed by atoms with Crippen molar-refractivity contribution in [1.82, 2.24) is 40.0 Å². The second-order valence-corrected chi connectivity index (χ2v) is 15.2. The van der Waals surface area contributed by atoms with Crippen LogP contribution in [0.5, 0.6) is 0 Å². The van der Waals surface area contributed by atoms with Crippen molar-refractivity contribution in [3.05, 3.63) is 60.9 Å². The van der Waals surface area contributed by atoms with Crippen LogP contribution < -0.4 is 5.73 Å². The molecule has 0 aromatic carbocycles. The number of H-pyrrole nitrogens is 2. The van der Waals surface area contributed by atoms with Gasteiger partial charge in [-0.15, -0.1) is 0 Å². The number of nitrogens with two attached hydrogens (primary N) is 1. The van der Waals surface area contributed by atoms with E-state index >= 15 is 0 Å². The molecule has 0 aliphatic rings. The van der Waals surface area contributed by atoms with Crippen molar-refractivity contribution in [2.24, 2.45) is 14.1 Å². The van der Waals surface area contributed by atoms with Crippen LogP contribution in [0.25, 0.3) is 0 Å². The van der Waals surface area contributed by atoms with E-state index in [4.69, 9.17) is 21.3 Å². The molecular weight excluding hydrogens is 1060 g/mol. The summed E-state index contributed by atoms with van der Waals surface area (Å²) in [6, 6.07) is 0. The number of halogens is 6. The molecule has 4 aromatic heterocycles. The third kappa shape index (κ3) is 19.7. The molecule has 0 spiro atoms. The maximum atomic E-state index is 11.2. The van der Waals surface area contributed by atoms with Gasteiger partial charge >= 0.3 is 63.4 Å². The molecule has 0 fully saturated rings. The van der Waals surface area contributed by atoms with Gasteiger partial charge in [-0.2, -0.15) is 20.4 Å². The molecule has 0 amide bonds. The minimum absolute atomic E-state index is 0.239. The molecule has 4 heterocycles. The molecule has 24 heteroatoms. The van der Waals surface area contributed by atoms with Crippen LogP contribution in [-0.2, 0) is 44.4 Å². The molecule has 0 saturated carbocycles. The van der Waals surface area contributed by atoms with E-state index in [9.17, 15) is 23.6 Å². The van der Waals surface area contributed by atoms with Crippen molar-refractivity contribution in [3.63, 3.8) is 0 Å². The zero-order valence-corrected chi connectivity index (χ0v) is 36.8. The normalized spacial score (nSPS) is 9.61. The van der Waals surface area contributed by atoms with Crippen molar-refractivity contribution in [3.8, 4) is 0 Å². The number of hydrogen-bond donors (Lipinski definition) is 3. The molecule has 0 aliphatic heterocycles. The Morgan fingerprint density at radius 1 is 0.804 bits per heavy atom. The van der Waals surface area contributed by atoms with E-state index in [2.05, 4.69) is 111 Å². The molecule has 4 aromatic rings. The number of aromatic amines is 2. The summed E-state index contributed by atoms with van der Waals surface area (Å²) in [5.74, 6) is -1.27. The number of hydrogen-bond acceptors (Lipinski definition) is 13. The predicted octanol–water partition coefficient (Wildman–Crippen LogP) is 6.51. The molecule has 0 saturated heterocycles. The molecule has 4 rings (SSSR count). The van der Waals surface area contributed by atoms with Gasteiger partial charge in [-0.1, -0.05) is 0 Å². The van der Waals surface area contributed by atoms with Crippen LogP contribution in [0.15, 0.2) is 38.6 Å². The minimum atomic E-state index is -1.00. The Morgan fingerprint density at radius 3 is 1.55 bits per heavy atom. The van der Waals surface area contributed by atoms with E-state index in [1.54, 1.807) is 57.4 Å². The predicted molar refractivity (Wildman–Crippen MR) is 200 cm³/mol. The molecule has 51 heavy (non-hydrogen) atoms. The quantitative estimate of drug-likeness (QED) is 0.0974. The Labute approximate surface area is 340 Å². The summed E-state index contributed by atoms with van der Waals surface area (Å²) in [6.45, 7) is 8.48. The summed E-state index contributed by atoms with van der Waals surface area (Å²) in [7, 11) is 2.49. The topological polar surface area (TPSA) is 224 Å². The van der Waals surface area contributed by atoms with E-state index in [-0.39, 0.29) is 29.3 Å². The Hall–Kier alpha value is -2.63. The number of carbonyl (C=O) groups is 4. The summed E-state index contributed by atoms with van der Waals surface area (Å²) in [5, 5.41) is 20.1. The number of carbonyl (C=O) groups excluding carboxylic acids is 4. The summed E-state index contributed by atoms with van der Waals surface area (Å²) >= 11 is 16.9. The molecule has 0 atom stereocenters. The number of esters is 4. The first-order valence-electron chi connectivity index (χ1n) is 14.6. The number of ether oxygens (including phenoxy) is 4. The Morgan fingerprint density at radius 2 is 1.22 bits per heavy atom. The van der Waals surface area contributed by atoms with Crippen LogP contribution in [-0.4, -0.2) is 97.4 Å². The van der Waals surface area contributed by atoms with Gasteiger partial charge in [0.25, 0.3) is 0 Å². The van der Waals surface area contributed by atoms with E-state index in [1.165, 1.54) is 29.9 Å². The van der Waals surface area contributed by atoms with Crippen LogP contribution in [0.4, 0.5) is 10.2 Å². The monoisotopic (exact) mass is 1090 g/mol. The number of nitrogen functional groups attached to an aromatic ring is 1. The fourth-order valence-electron chi connectivity index (χ4n) is 2.86. The fraction of sp³-hybridized carbons (Fsp3) is 0.407. The van der Waals surface area contributed by atoms with Crippen LogP contribution in [0.3, 0.4) is 0 Å². The van der Waals surface area contributed by atoms with E-state index < -0.39 is 13.1 Å². The Kier molecular flexibility index (Phi) is 28.4. The molecule has 0 radical (unpaired) electrons. The van der Waals surface area contributed by atoms with Gasteiger partial charge in [0, 0.05) is 20.3 Å². The average Bonchev–Trinajstić information content (AvgIpc) is 3.87. The standard InChI is InChI=1S/2C7H9BrN2O2.C6H7BrN2O2.C6H9N3O2.CH3F.2BrH.Cu/c1-3-12-7(11)5-4-10(2)9-6(5)8;1-3-12-7(11)5-4-9-10(2)6(5)8;2*1-2-11-6(10)4-3-8-9-5(4)7;1-2;;;/h2*4H,3H2,1-2H3;3H,2H2,1H3,(H,8,9);3H,2H2,1H3,(H3,7,8,9);1H3;2*1H;/q;;;;;;;+2/p-2/i;;;;1D;;;. The molecule has 0 bridgehead atoms. The first kappa shape index (κ1) is 48.4. The van der Waals surface area contributed by atoms with Crippen LogP contribution in [0, 0.1) is 0 Å². The van der Waals surface area contributed by atoms with Crippen LogP contribution in [0.1, 0.15) is 70.5 Å². The average molecular weight is 1100 g/mol. The first-order valence-corrected chi connectivity index (χ1v) is 20.9. The van der Waals surface area contributed by atoms with E-state index in [0.29, 0.717) is 56.9 Å². The number of nitrogens with one attached hydrogen (secondary N) is 2. The van der Waals surface area contributed by atoms with E-state index in [0.717, 1.165) is 0 Å². The number of aromatic nitrogens is 8. The summed E-state index contributed by atoms with van der Waals surface area (Å²) in [5.41, 5.74) is 6.98. The third-order valence-corrected chi connectivity index (χ3v) is 7.02. The van der Waals surface area contributed by atoms with Gasteiger partial charge in [0.15, 0.2) is 0 Å².